The molecule has 0 saturated heterocycles. The smallest absolute Gasteiger partial charge is 0.236 e. The zero-order chi connectivity index (χ0) is 11.5. The van der Waals surface area contributed by atoms with E-state index in [0.29, 0.717) is 10.3 Å². The maximum absolute atomic E-state index is 13.3. The first-order chi connectivity index (χ1) is 7.65. The van der Waals surface area contributed by atoms with Crippen molar-refractivity contribution in [1.82, 2.24) is 15.0 Å². The van der Waals surface area contributed by atoms with Crippen LogP contribution in [-0.2, 0) is 0 Å². The van der Waals surface area contributed by atoms with E-state index in [9.17, 15) is 4.39 Å². The Bertz CT molecular complexity index is 523. The number of nitrogens with zero attached hydrogens (tertiary/aromatic N) is 3. The number of hydrogen-bond donors (Lipinski definition) is 1. The average Bonchev–Trinajstić information content (AvgIpc) is 2.24. The summed E-state index contributed by atoms with van der Waals surface area (Å²) in [4.78, 5) is 11.1. The molecule has 0 aliphatic rings. The molecule has 2 heterocycles. The molecular weight excluding hydrogens is 298 g/mol. The molecule has 0 aliphatic carbocycles. The van der Waals surface area contributed by atoms with Crippen LogP contribution in [0.3, 0.4) is 0 Å². The van der Waals surface area contributed by atoms with Gasteiger partial charge in [-0.15, -0.1) is 0 Å². The number of aromatic nitrogens is 3. The average molecular weight is 304 g/mol. The molecule has 0 radical (unpaired) electrons. The van der Waals surface area contributed by atoms with Crippen LogP contribution in [0.25, 0.3) is 0 Å². The monoisotopic (exact) mass is 302 g/mol. The van der Waals surface area contributed by atoms with Crippen LogP contribution < -0.4 is 5.32 Å². The lowest BCUT2D eigenvalue weighted by Crippen LogP contribution is -1.98. The van der Waals surface area contributed by atoms with Crippen molar-refractivity contribution in [3.8, 4) is 0 Å². The number of halogens is 3. The fourth-order valence-electron chi connectivity index (χ4n) is 1.05. The number of anilines is 2. The molecule has 0 aliphatic heterocycles. The third-order valence-corrected chi connectivity index (χ3v) is 2.31. The van der Waals surface area contributed by atoms with Crippen LogP contribution in [0, 0.1) is 5.95 Å². The highest BCUT2D eigenvalue weighted by atomic mass is 79.9. The maximum atomic E-state index is 13.3. The van der Waals surface area contributed by atoms with E-state index in [2.05, 4.69) is 36.2 Å². The second-order valence-electron chi connectivity index (χ2n) is 2.83. The summed E-state index contributed by atoms with van der Waals surface area (Å²) in [5.74, 6) is -0.211. The number of hydrogen-bond acceptors (Lipinski definition) is 4. The van der Waals surface area contributed by atoms with Gasteiger partial charge in [0.05, 0.1) is 5.69 Å². The Hall–Kier alpha value is -1.27. The highest BCUT2D eigenvalue weighted by Crippen LogP contribution is 2.21. The number of nitrogens with one attached hydrogen (secondary N) is 1. The Balaban J connectivity index is 2.30. The van der Waals surface area contributed by atoms with Gasteiger partial charge in [-0.2, -0.15) is 4.39 Å². The van der Waals surface area contributed by atoms with Crippen LogP contribution in [0.4, 0.5) is 15.9 Å². The Morgan fingerprint density at radius 3 is 2.94 bits per heavy atom. The van der Waals surface area contributed by atoms with E-state index in [1.807, 2.05) is 0 Å². The second kappa shape index (κ2) is 4.71. The maximum Gasteiger partial charge on any atom is 0.236 e. The van der Waals surface area contributed by atoms with E-state index in [1.165, 1.54) is 12.4 Å². The molecule has 1 N–H and O–H groups in total. The third-order valence-electron chi connectivity index (χ3n) is 1.69. The second-order valence-corrected chi connectivity index (χ2v) is 4.08. The molecule has 0 fully saturated rings. The van der Waals surface area contributed by atoms with Crippen LogP contribution in [0.5, 0.6) is 0 Å². The van der Waals surface area contributed by atoms with Gasteiger partial charge in [0.2, 0.25) is 11.2 Å². The summed E-state index contributed by atoms with van der Waals surface area (Å²) in [6.07, 6.45) is 2.84. The lowest BCUT2D eigenvalue weighted by molar-refractivity contribution is 0.587. The number of pyridine rings is 1. The lowest BCUT2D eigenvalue weighted by atomic mass is 10.4. The molecule has 2 aromatic rings. The minimum Gasteiger partial charge on any atom is -0.336 e. The van der Waals surface area contributed by atoms with Gasteiger partial charge in [0, 0.05) is 16.9 Å². The highest BCUT2D eigenvalue weighted by molar-refractivity contribution is 9.10. The van der Waals surface area contributed by atoms with Crippen molar-refractivity contribution >= 4 is 39.0 Å². The standard InChI is InChI=1S/C9H5BrClFN4/c10-5-3-6(8(12)14-4-5)15-7-1-2-13-9(11)16-7/h1-4H,(H,13,15,16). The van der Waals surface area contributed by atoms with Gasteiger partial charge in [-0.05, 0) is 39.7 Å². The van der Waals surface area contributed by atoms with Crippen molar-refractivity contribution in [1.29, 1.82) is 0 Å². The molecule has 0 spiro atoms. The van der Waals surface area contributed by atoms with Gasteiger partial charge in [0.15, 0.2) is 0 Å². The van der Waals surface area contributed by atoms with Gasteiger partial charge >= 0.3 is 0 Å². The highest BCUT2D eigenvalue weighted by Gasteiger charge is 2.05. The van der Waals surface area contributed by atoms with E-state index in [1.54, 1.807) is 12.1 Å². The van der Waals surface area contributed by atoms with Crippen molar-refractivity contribution in [3.05, 3.63) is 40.2 Å². The summed E-state index contributed by atoms with van der Waals surface area (Å²) < 4.78 is 13.9. The van der Waals surface area contributed by atoms with Crippen molar-refractivity contribution < 1.29 is 4.39 Å². The molecule has 4 nitrogen and oxygen atoms in total. The zero-order valence-corrected chi connectivity index (χ0v) is 10.1. The predicted octanol–water partition coefficient (Wildman–Crippen LogP) is 3.17. The summed E-state index contributed by atoms with van der Waals surface area (Å²) >= 11 is 8.80. The van der Waals surface area contributed by atoms with Gasteiger partial charge in [0.25, 0.3) is 0 Å². The molecule has 0 aromatic carbocycles. The normalized spacial score (nSPS) is 10.2. The third kappa shape index (κ3) is 2.65. The first-order valence-electron chi connectivity index (χ1n) is 4.22. The fourth-order valence-corrected chi connectivity index (χ4v) is 1.53. The summed E-state index contributed by atoms with van der Waals surface area (Å²) in [6, 6.07) is 3.13. The molecule has 0 amide bonds. The lowest BCUT2D eigenvalue weighted by Gasteiger charge is -2.06. The van der Waals surface area contributed by atoms with Gasteiger partial charge in [-0.25, -0.2) is 15.0 Å². The SMILES string of the molecule is Fc1ncc(Br)cc1Nc1ccnc(Cl)n1. The molecule has 2 rings (SSSR count). The quantitative estimate of drug-likeness (QED) is 0.684. The van der Waals surface area contributed by atoms with E-state index in [0.717, 1.165) is 0 Å². The molecule has 0 saturated carbocycles. The summed E-state index contributed by atoms with van der Waals surface area (Å²) in [7, 11) is 0. The molecule has 0 unspecified atom stereocenters. The van der Waals surface area contributed by atoms with Crippen molar-refractivity contribution in [2.45, 2.75) is 0 Å². The Labute approximate surface area is 104 Å². The van der Waals surface area contributed by atoms with Crippen LogP contribution in [-0.4, -0.2) is 15.0 Å². The van der Waals surface area contributed by atoms with E-state index in [-0.39, 0.29) is 11.0 Å². The largest absolute Gasteiger partial charge is 0.336 e. The van der Waals surface area contributed by atoms with Gasteiger partial charge < -0.3 is 5.32 Å². The van der Waals surface area contributed by atoms with E-state index < -0.39 is 5.95 Å². The first kappa shape index (κ1) is 11.2. The topological polar surface area (TPSA) is 50.7 Å². The minimum atomic E-state index is -0.613. The van der Waals surface area contributed by atoms with Crippen molar-refractivity contribution in [3.63, 3.8) is 0 Å². The van der Waals surface area contributed by atoms with Crippen LogP contribution in [0.1, 0.15) is 0 Å². The number of rotatable bonds is 2. The van der Waals surface area contributed by atoms with Gasteiger partial charge in [-0.3, -0.25) is 0 Å². The summed E-state index contributed by atoms with van der Waals surface area (Å²) in [5.41, 5.74) is 0.212. The Morgan fingerprint density at radius 1 is 1.38 bits per heavy atom. The Morgan fingerprint density at radius 2 is 2.19 bits per heavy atom. The molecule has 0 bridgehead atoms. The van der Waals surface area contributed by atoms with Crippen LogP contribution >= 0.6 is 27.5 Å². The molecule has 7 heteroatoms. The van der Waals surface area contributed by atoms with Crippen LogP contribution in [0.15, 0.2) is 29.0 Å². The van der Waals surface area contributed by atoms with Gasteiger partial charge in [0.1, 0.15) is 5.82 Å². The van der Waals surface area contributed by atoms with Gasteiger partial charge in [-0.1, -0.05) is 0 Å². The molecule has 82 valence electrons. The molecule has 16 heavy (non-hydrogen) atoms. The predicted molar refractivity (Wildman–Crippen MR) is 62.2 cm³/mol. The Kier molecular flexibility index (Phi) is 3.31. The minimum absolute atomic E-state index is 0.0911. The first-order valence-corrected chi connectivity index (χ1v) is 5.39. The van der Waals surface area contributed by atoms with E-state index in [4.69, 9.17) is 11.6 Å². The fraction of sp³-hybridized carbons (Fsp3) is 0. The molecule has 0 atom stereocenters. The van der Waals surface area contributed by atoms with Crippen LogP contribution in [0.2, 0.25) is 5.28 Å². The van der Waals surface area contributed by atoms with Crippen molar-refractivity contribution in [2.24, 2.45) is 0 Å². The molecule has 2 aromatic heterocycles. The van der Waals surface area contributed by atoms with Crippen molar-refractivity contribution in [2.75, 3.05) is 5.32 Å². The summed E-state index contributed by atoms with van der Waals surface area (Å²) in [5, 5.41) is 2.84. The zero-order valence-electron chi connectivity index (χ0n) is 7.78. The molecular formula is C9H5BrClFN4. The van der Waals surface area contributed by atoms with E-state index >= 15 is 0 Å². The summed E-state index contributed by atoms with van der Waals surface area (Å²) in [6.45, 7) is 0.